The number of unbranched alkanes of at least 4 members (excludes halogenated alkanes) is 2. The Kier molecular flexibility index (Phi) is 6.69. The fourth-order valence-corrected chi connectivity index (χ4v) is 5.34. The number of halogens is 1. The minimum absolute atomic E-state index is 0.0721. The summed E-state index contributed by atoms with van der Waals surface area (Å²) in [5.74, 6) is 0. The number of alkyl halides is 1. The van der Waals surface area contributed by atoms with Crippen LogP contribution in [0.3, 0.4) is 0 Å². The van der Waals surface area contributed by atoms with E-state index in [9.17, 15) is 13.2 Å². The molecule has 2 rings (SSSR count). The lowest BCUT2D eigenvalue weighted by Gasteiger charge is -2.36. The van der Waals surface area contributed by atoms with Crippen molar-refractivity contribution >= 4 is 32.0 Å². The second-order valence-corrected chi connectivity index (χ2v) is 9.09. The molecule has 7 heteroatoms. The highest BCUT2D eigenvalue weighted by Gasteiger charge is 2.42. The van der Waals surface area contributed by atoms with E-state index in [0.29, 0.717) is 6.42 Å². The van der Waals surface area contributed by atoms with Gasteiger partial charge < -0.3 is 4.74 Å². The van der Waals surface area contributed by atoms with Gasteiger partial charge >= 0.3 is 6.09 Å². The molecule has 1 saturated heterocycles. The van der Waals surface area contributed by atoms with E-state index in [1.54, 1.807) is 12.1 Å². The Balaban J connectivity index is 2.27. The van der Waals surface area contributed by atoms with Crippen molar-refractivity contribution in [1.29, 1.82) is 0 Å². The first-order valence-electron chi connectivity index (χ1n) is 8.30. The lowest BCUT2D eigenvalue weighted by molar-refractivity contribution is 0.0781. The highest BCUT2D eigenvalue weighted by Crippen LogP contribution is 2.30. The number of carbonyl (C=O) groups is 1. The Bertz CT molecular complexity index is 660. The number of aryl methyl sites for hydroxylation is 1. The van der Waals surface area contributed by atoms with Crippen molar-refractivity contribution in [2.45, 2.75) is 61.7 Å². The molecule has 0 unspecified atom stereocenters. The van der Waals surface area contributed by atoms with Crippen LogP contribution >= 0.6 is 15.9 Å². The van der Waals surface area contributed by atoms with Crippen molar-refractivity contribution in [3.05, 3.63) is 29.8 Å². The van der Waals surface area contributed by atoms with Gasteiger partial charge in [-0.3, -0.25) is 0 Å². The molecule has 0 spiro atoms. The van der Waals surface area contributed by atoms with Gasteiger partial charge in [0.05, 0.1) is 17.5 Å². The molecule has 2 atom stereocenters. The maximum Gasteiger partial charge on any atom is 0.424 e. The lowest BCUT2D eigenvalue weighted by atomic mass is 10.0. The number of benzene rings is 1. The van der Waals surface area contributed by atoms with Crippen LogP contribution < -0.4 is 0 Å². The number of ether oxygens (including phenoxy) is 1. The summed E-state index contributed by atoms with van der Waals surface area (Å²) in [6.45, 7) is 4.26. The van der Waals surface area contributed by atoms with E-state index >= 15 is 0 Å². The predicted molar refractivity (Wildman–Crippen MR) is 96.8 cm³/mol. The molecule has 0 N–H and O–H groups in total. The standard InChI is InChI=1S/C17H24BrNO4S/c1-3-4-5-6-15(18)16-11-12-23-17(20)19(16)24(21,22)14-9-7-13(2)8-10-14/h7-10,15-16H,3-6,11-12H2,1-2H3/t15-,16+/m0/s1. The molecule has 1 aromatic rings. The Morgan fingerprint density at radius 3 is 2.58 bits per heavy atom. The summed E-state index contributed by atoms with van der Waals surface area (Å²) in [6.07, 6.45) is 3.72. The molecule has 0 saturated carbocycles. The number of sulfonamides is 1. The van der Waals surface area contributed by atoms with Crippen LogP contribution in [0.15, 0.2) is 29.2 Å². The van der Waals surface area contributed by atoms with E-state index < -0.39 is 22.2 Å². The van der Waals surface area contributed by atoms with Crippen molar-refractivity contribution in [3.63, 3.8) is 0 Å². The highest BCUT2D eigenvalue weighted by molar-refractivity contribution is 9.09. The van der Waals surface area contributed by atoms with Crippen molar-refractivity contribution in [2.24, 2.45) is 0 Å². The predicted octanol–water partition coefficient (Wildman–Crippen LogP) is 4.24. The SMILES string of the molecule is CCCCC[C@H](Br)[C@H]1CCOC(=O)N1S(=O)(=O)c1ccc(C)cc1. The third kappa shape index (κ3) is 4.30. The molecule has 1 aliphatic rings. The van der Waals surface area contributed by atoms with Crippen LogP contribution in [0, 0.1) is 6.92 Å². The Morgan fingerprint density at radius 1 is 1.29 bits per heavy atom. The van der Waals surface area contributed by atoms with E-state index in [-0.39, 0.29) is 16.3 Å². The minimum atomic E-state index is -3.92. The molecule has 1 fully saturated rings. The number of carbonyl (C=O) groups excluding carboxylic acids is 1. The molecular weight excluding hydrogens is 394 g/mol. The summed E-state index contributed by atoms with van der Waals surface area (Å²) in [6, 6.07) is 6.09. The second-order valence-electron chi connectivity index (χ2n) is 6.10. The third-order valence-corrected chi connectivity index (χ3v) is 7.07. The number of hydrogen-bond acceptors (Lipinski definition) is 4. The zero-order valence-electron chi connectivity index (χ0n) is 14.1. The van der Waals surface area contributed by atoms with Crippen LogP contribution in [0.5, 0.6) is 0 Å². The first-order chi connectivity index (χ1) is 11.4. The zero-order chi connectivity index (χ0) is 17.7. The number of amides is 1. The van der Waals surface area contributed by atoms with Crippen LogP contribution in [-0.2, 0) is 14.8 Å². The van der Waals surface area contributed by atoms with Crippen molar-refractivity contribution < 1.29 is 17.9 Å². The Morgan fingerprint density at radius 2 is 1.96 bits per heavy atom. The average molecular weight is 418 g/mol. The van der Waals surface area contributed by atoms with Crippen LogP contribution in [0.2, 0.25) is 0 Å². The van der Waals surface area contributed by atoms with Gasteiger partial charge in [0.1, 0.15) is 0 Å². The smallest absolute Gasteiger partial charge is 0.424 e. The molecule has 1 heterocycles. The molecule has 5 nitrogen and oxygen atoms in total. The molecule has 1 aliphatic heterocycles. The van der Waals surface area contributed by atoms with Crippen molar-refractivity contribution in [1.82, 2.24) is 4.31 Å². The van der Waals surface area contributed by atoms with E-state index in [0.717, 1.165) is 35.6 Å². The number of rotatable bonds is 7. The van der Waals surface area contributed by atoms with Crippen molar-refractivity contribution in [3.8, 4) is 0 Å². The fourth-order valence-electron chi connectivity index (χ4n) is 2.79. The Hall–Kier alpha value is -1.08. The molecule has 0 aromatic heterocycles. The van der Waals surface area contributed by atoms with E-state index in [1.165, 1.54) is 12.1 Å². The molecule has 0 bridgehead atoms. The molecule has 0 radical (unpaired) electrons. The maximum atomic E-state index is 13.0. The number of nitrogens with zero attached hydrogens (tertiary/aromatic N) is 1. The second kappa shape index (κ2) is 8.34. The van der Waals surface area contributed by atoms with Gasteiger partial charge in [-0.1, -0.05) is 59.8 Å². The van der Waals surface area contributed by atoms with Crippen LogP contribution in [0.1, 0.15) is 44.6 Å². The van der Waals surface area contributed by atoms with Gasteiger partial charge in [-0.05, 0) is 25.5 Å². The van der Waals surface area contributed by atoms with Gasteiger partial charge in [0, 0.05) is 11.2 Å². The van der Waals surface area contributed by atoms with Gasteiger partial charge in [-0.15, -0.1) is 0 Å². The molecule has 1 aromatic carbocycles. The summed E-state index contributed by atoms with van der Waals surface area (Å²) >= 11 is 3.60. The van der Waals surface area contributed by atoms with Gasteiger partial charge in [-0.25, -0.2) is 13.2 Å². The monoisotopic (exact) mass is 417 g/mol. The Labute approximate surface area is 152 Å². The van der Waals surface area contributed by atoms with Crippen molar-refractivity contribution in [2.75, 3.05) is 6.61 Å². The van der Waals surface area contributed by atoms with Crippen LogP contribution in [0.25, 0.3) is 0 Å². The lowest BCUT2D eigenvalue weighted by Crippen LogP contribution is -2.52. The minimum Gasteiger partial charge on any atom is -0.449 e. The van der Waals surface area contributed by atoms with Gasteiger partial charge in [-0.2, -0.15) is 4.31 Å². The van der Waals surface area contributed by atoms with Gasteiger partial charge in [0.25, 0.3) is 10.0 Å². The third-order valence-electron chi connectivity index (χ3n) is 4.20. The topological polar surface area (TPSA) is 63.7 Å². The molecular formula is C17H24BrNO4S. The molecule has 134 valence electrons. The largest absolute Gasteiger partial charge is 0.449 e. The number of cyclic esters (lactones) is 1. The van der Waals surface area contributed by atoms with Gasteiger partial charge in [0.2, 0.25) is 0 Å². The van der Waals surface area contributed by atoms with E-state index in [2.05, 4.69) is 22.9 Å². The van der Waals surface area contributed by atoms with Crippen LogP contribution in [0.4, 0.5) is 4.79 Å². The molecule has 24 heavy (non-hydrogen) atoms. The zero-order valence-corrected chi connectivity index (χ0v) is 16.5. The van der Waals surface area contributed by atoms with E-state index in [4.69, 9.17) is 4.74 Å². The summed E-state index contributed by atoms with van der Waals surface area (Å²) in [4.78, 5) is 12.3. The van der Waals surface area contributed by atoms with E-state index in [1.807, 2.05) is 6.92 Å². The number of hydrogen-bond donors (Lipinski definition) is 0. The van der Waals surface area contributed by atoms with Gasteiger partial charge in [0.15, 0.2) is 0 Å². The molecule has 1 amide bonds. The first-order valence-corrected chi connectivity index (χ1v) is 10.7. The van der Waals surface area contributed by atoms with Crippen LogP contribution in [-0.4, -0.2) is 36.3 Å². The quantitative estimate of drug-likeness (QED) is 0.491. The summed E-state index contributed by atoms with van der Waals surface area (Å²) in [5, 5.41) is 0. The normalized spacial score (nSPS) is 19.9. The first kappa shape index (κ1) is 19.2. The maximum absolute atomic E-state index is 13.0. The highest BCUT2D eigenvalue weighted by atomic mass is 79.9. The summed E-state index contributed by atoms with van der Waals surface area (Å²) in [5.41, 5.74) is 0.963. The fraction of sp³-hybridized carbons (Fsp3) is 0.588. The summed E-state index contributed by atoms with van der Waals surface area (Å²) in [7, 11) is -3.92. The summed E-state index contributed by atoms with van der Waals surface area (Å²) < 4.78 is 31.9. The molecule has 0 aliphatic carbocycles. The average Bonchev–Trinajstić information content (AvgIpc) is 2.55.